The fourth-order valence-corrected chi connectivity index (χ4v) is 5.12. The molecule has 1 aromatic rings. The van der Waals surface area contributed by atoms with Gasteiger partial charge in [0.15, 0.2) is 9.84 Å². The first-order chi connectivity index (χ1) is 10.5. The normalized spacial score (nSPS) is 28.5. The van der Waals surface area contributed by atoms with Crippen molar-refractivity contribution in [1.29, 1.82) is 0 Å². The Kier molecular flexibility index (Phi) is 4.76. The highest BCUT2D eigenvalue weighted by Crippen LogP contribution is 2.23. The minimum absolute atomic E-state index is 0.0591. The number of amides is 1. The van der Waals surface area contributed by atoms with Gasteiger partial charge in [-0.15, -0.1) is 11.3 Å². The molecule has 1 N–H and O–H groups in total. The number of rotatable bonds is 4. The fourth-order valence-electron chi connectivity index (χ4n) is 2.77. The lowest BCUT2D eigenvalue weighted by Gasteiger charge is -2.31. The van der Waals surface area contributed by atoms with Gasteiger partial charge in [0.25, 0.3) is 0 Å². The van der Waals surface area contributed by atoms with Gasteiger partial charge < -0.3 is 10.1 Å². The molecule has 0 radical (unpaired) electrons. The minimum Gasteiger partial charge on any atom is -0.368 e. The van der Waals surface area contributed by atoms with Crippen LogP contribution in [-0.4, -0.2) is 68.0 Å². The molecule has 9 heteroatoms. The molecule has 1 aromatic heterocycles. The molecule has 0 bridgehead atoms. The standard InChI is InChI=1S/C13H19N3O4S2/c17-12(15-10-1-6-22(18,19)9-10)8-16-3-4-20-11(7-16)13-14-2-5-21-13/h2,5,10-11H,1,3-4,6-9H2,(H,15,17)/t10-,11-/m0/s1. The first-order valence-electron chi connectivity index (χ1n) is 7.25. The van der Waals surface area contributed by atoms with Crippen LogP contribution in [0.15, 0.2) is 11.6 Å². The van der Waals surface area contributed by atoms with Crippen molar-refractivity contribution in [1.82, 2.24) is 15.2 Å². The number of hydrogen-bond donors (Lipinski definition) is 1. The van der Waals surface area contributed by atoms with Crippen molar-refractivity contribution in [3.63, 3.8) is 0 Å². The summed E-state index contributed by atoms with van der Waals surface area (Å²) in [6, 6.07) is -0.242. The SMILES string of the molecule is O=C(CN1CCO[C@H](c2nccs2)C1)N[C@H]1CCS(=O)(=O)C1. The van der Waals surface area contributed by atoms with Gasteiger partial charge in [-0.1, -0.05) is 0 Å². The summed E-state index contributed by atoms with van der Waals surface area (Å²) in [5, 5.41) is 5.65. The van der Waals surface area contributed by atoms with Crippen molar-refractivity contribution in [2.24, 2.45) is 0 Å². The van der Waals surface area contributed by atoms with E-state index in [0.29, 0.717) is 26.1 Å². The molecule has 0 spiro atoms. The highest BCUT2D eigenvalue weighted by atomic mass is 32.2. The Morgan fingerprint density at radius 3 is 3.09 bits per heavy atom. The molecule has 3 rings (SSSR count). The molecule has 2 aliphatic rings. The molecular formula is C13H19N3O4S2. The Morgan fingerprint density at radius 1 is 1.55 bits per heavy atom. The van der Waals surface area contributed by atoms with E-state index in [1.54, 1.807) is 17.5 Å². The van der Waals surface area contributed by atoms with E-state index >= 15 is 0 Å². The van der Waals surface area contributed by atoms with Crippen molar-refractivity contribution in [2.75, 3.05) is 37.7 Å². The van der Waals surface area contributed by atoms with Gasteiger partial charge in [0.05, 0.1) is 24.7 Å². The number of hydrogen-bond acceptors (Lipinski definition) is 7. The minimum atomic E-state index is -2.97. The third-order valence-corrected chi connectivity index (χ3v) is 6.48. The average Bonchev–Trinajstić information content (AvgIpc) is 3.09. The second-order valence-corrected chi connectivity index (χ2v) is 8.79. The van der Waals surface area contributed by atoms with Crippen LogP contribution in [0.25, 0.3) is 0 Å². The summed E-state index contributed by atoms with van der Waals surface area (Å²) >= 11 is 1.55. The molecule has 1 amide bonds. The maximum Gasteiger partial charge on any atom is 0.234 e. The predicted molar refractivity (Wildman–Crippen MR) is 82.4 cm³/mol. The molecule has 22 heavy (non-hydrogen) atoms. The topological polar surface area (TPSA) is 88.6 Å². The van der Waals surface area contributed by atoms with Gasteiger partial charge >= 0.3 is 0 Å². The molecule has 2 saturated heterocycles. The third-order valence-electron chi connectivity index (χ3n) is 3.84. The number of carbonyl (C=O) groups excluding carboxylic acids is 1. The lowest BCUT2D eigenvalue weighted by atomic mass is 10.2. The number of aromatic nitrogens is 1. The van der Waals surface area contributed by atoms with Gasteiger partial charge in [0, 0.05) is 30.7 Å². The Labute approximate surface area is 133 Å². The monoisotopic (exact) mass is 345 g/mol. The molecule has 2 atom stereocenters. The summed E-state index contributed by atoms with van der Waals surface area (Å²) in [5.74, 6) is 0.104. The van der Waals surface area contributed by atoms with Gasteiger partial charge in [-0.3, -0.25) is 9.69 Å². The van der Waals surface area contributed by atoms with E-state index in [9.17, 15) is 13.2 Å². The van der Waals surface area contributed by atoms with Crippen molar-refractivity contribution in [3.05, 3.63) is 16.6 Å². The largest absolute Gasteiger partial charge is 0.368 e. The van der Waals surface area contributed by atoms with E-state index in [4.69, 9.17) is 4.74 Å². The molecule has 0 saturated carbocycles. The first kappa shape index (κ1) is 15.9. The Bertz CT molecular complexity index is 617. The quantitative estimate of drug-likeness (QED) is 0.814. The van der Waals surface area contributed by atoms with Crippen molar-refractivity contribution in [3.8, 4) is 0 Å². The van der Waals surface area contributed by atoms with E-state index in [1.807, 2.05) is 10.3 Å². The zero-order chi connectivity index (χ0) is 15.6. The van der Waals surface area contributed by atoms with E-state index < -0.39 is 9.84 Å². The van der Waals surface area contributed by atoms with E-state index in [1.165, 1.54) is 0 Å². The van der Waals surface area contributed by atoms with Gasteiger partial charge in [-0.05, 0) is 6.42 Å². The molecule has 3 heterocycles. The van der Waals surface area contributed by atoms with Crippen LogP contribution in [0.2, 0.25) is 0 Å². The molecular weight excluding hydrogens is 326 g/mol. The predicted octanol–water partition coefficient (Wildman–Crippen LogP) is -0.180. The van der Waals surface area contributed by atoms with Crippen LogP contribution >= 0.6 is 11.3 Å². The van der Waals surface area contributed by atoms with Crippen LogP contribution < -0.4 is 5.32 Å². The molecule has 2 fully saturated rings. The van der Waals surface area contributed by atoms with Crippen LogP contribution in [0.5, 0.6) is 0 Å². The second kappa shape index (κ2) is 6.61. The summed E-state index contributed by atoms with van der Waals surface area (Å²) in [7, 11) is -2.97. The highest BCUT2D eigenvalue weighted by molar-refractivity contribution is 7.91. The molecule has 0 aliphatic carbocycles. The zero-order valence-corrected chi connectivity index (χ0v) is 13.7. The molecule has 0 unspecified atom stereocenters. The number of ether oxygens (including phenoxy) is 1. The maximum atomic E-state index is 12.1. The molecule has 2 aliphatic heterocycles. The summed E-state index contributed by atoms with van der Waals surface area (Å²) in [4.78, 5) is 18.3. The molecule has 122 valence electrons. The zero-order valence-electron chi connectivity index (χ0n) is 12.1. The second-order valence-electron chi connectivity index (χ2n) is 5.63. The number of carbonyl (C=O) groups is 1. The van der Waals surface area contributed by atoms with Crippen LogP contribution in [0.4, 0.5) is 0 Å². The lowest BCUT2D eigenvalue weighted by Crippen LogP contribution is -2.46. The fraction of sp³-hybridized carbons (Fsp3) is 0.692. The van der Waals surface area contributed by atoms with Crippen LogP contribution in [0.3, 0.4) is 0 Å². The average molecular weight is 345 g/mol. The smallest absolute Gasteiger partial charge is 0.234 e. The van der Waals surface area contributed by atoms with Gasteiger partial charge in [0.2, 0.25) is 5.91 Å². The van der Waals surface area contributed by atoms with Crippen LogP contribution in [0.1, 0.15) is 17.5 Å². The van der Waals surface area contributed by atoms with E-state index in [-0.39, 0.29) is 36.1 Å². The molecule has 0 aromatic carbocycles. The summed E-state index contributed by atoms with van der Waals surface area (Å²) in [5.41, 5.74) is 0. The Hall–Kier alpha value is -1.03. The van der Waals surface area contributed by atoms with Crippen molar-refractivity contribution in [2.45, 2.75) is 18.6 Å². The summed E-state index contributed by atoms with van der Waals surface area (Å²) < 4.78 is 28.5. The number of nitrogens with zero attached hydrogens (tertiary/aromatic N) is 2. The number of sulfone groups is 1. The summed E-state index contributed by atoms with van der Waals surface area (Å²) in [6.07, 6.45) is 2.17. The third kappa shape index (κ3) is 4.03. The number of nitrogens with one attached hydrogen (secondary N) is 1. The molecule has 7 nitrogen and oxygen atoms in total. The highest BCUT2D eigenvalue weighted by Gasteiger charge is 2.30. The van der Waals surface area contributed by atoms with Gasteiger partial charge in [-0.2, -0.15) is 0 Å². The van der Waals surface area contributed by atoms with Gasteiger partial charge in [-0.25, -0.2) is 13.4 Å². The first-order valence-corrected chi connectivity index (χ1v) is 9.95. The van der Waals surface area contributed by atoms with Crippen LogP contribution in [0, 0.1) is 0 Å². The number of morpholine rings is 1. The number of thiazole rings is 1. The Balaban J connectivity index is 1.49. The van der Waals surface area contributed by atoms with E-state index in [0.717, 1.165) is 5.01 Å². The summed E-state index contributed by atoms with van der Waals surface area (Å²) in [6.45, 7) is 2.15. The van der Waals surface area contributed by atoms with Crippen LogP contribution in [-0.2, 0) is 19.4 Å². The van der Waals surface area contributed by atoms with E-state index in [2.05, 4.69) is 10.3 Å². The Morgan fingerprint density at radius 2 is 2.41 bits per heavy atom. The van der Waals surface area contributed by atoms with Crippen molar-refractivity contribution < 1.29 is 17.9 Å². The van der Waals surface area contributed by atoms with Crippen molar-refractivity contribution >= 4 is 27.1 Å². The lowest BCUT2D eigenvalue weighted by molar-refractivity contribution is -0.124. The maximum absolute atomic E-state index is 12.1. The van der Waals surface area contributed by atoms with Gasteiger partial charge in [0.1, 0.15) is 11.1 Å².